The molecule has 3 rings (SSSR count). The lowest BCUT2D eigenvalue weighted by Gasteiger charge is -2.17. The van der Waals surface area contributed by atoms with Crippen molar-refractivity contribution in [3.05, 3.63) is 53.3 Å². The first-order chi connectivity index (χ1) is 12.5. The van der Waals surface area contributed by atoms with E-state index in [0.29, 0.717) is 23.8 Å². The predicted molar refractivity (Wildman–Crippen MR) is 95.3 cm³/mol. The maximum Gasteiger partial charge on any atom is 0.230 e. The first-order valence-corrected chi connectivity index (χ1v) is 8.37. The molecule has 2 aromatic rings. The van der Waals surface area contributed by atoms with Crippen LogP contribution >= 0.6 is 0 Å². The zero-order valence-electron chi connectivity index (χ0n) is 15.1. The average molecular weight is 359 g/mol. The van der Waals surface area contributed by atoms with Crippen LogP contribution in [0.3, 0.4) is 0 Å². The van der Waals surface area contributed by atoms with Crippen molar-refractivity contribution in [3.63, 3.8) is 0 Å². The van der Waals surface area contributed by atoms with E-state index < -0.39 is 5.41 Å². The Balaban J connectivity index is 1.74. The lowest BCUT2D eigenvalue weighted by atomic mass is 9.95. The highest BCUT2D eigenvalue weighted by atomic mass is 19.1. The van der Waals surface area contributed by atoms with Gasteiger partial charge in [0.15, 0.2) is 11.5 Å². The van der Waals surface area contributed by atoms with Gasteiger partial charge in [0.1, 0.15) is 5.82 Å². The SMILES string of the molecule is COc1cc(CNC(=O)C2(c3ccc(F)cc3)CC2)cc(OC)c1OC. The third-order valence-electron chi connectivity index (χ3n) is 4.76. The van der Waals surface area contributed by atoms with Gasteiger partial charge in [-0.15, -0.1) is 0 Å². The van der Waals surface area contributed by atoms with Crippen LogP contribution in [0.5, 0.6) is 17.2 Å². The second kappa shape index (κ2) is 7.23. The van der Waals surface area contributed by atoms with Crippen LogP contribution in [-0.4, -0.2) is 27.2 Å². The summed E-state index contributed by atoms with van der Waals surface area (Å²) in [6.45, 7) is 0.332. The summed E-state index contributed by atoms with van der Waals surface area (Å²) in [4.78, 5) is 12.7. The maximum absolute atomic E-state index is 13.1. The summed E-state index contributed by atoms with van der Waals surface area (Å²) in [5.41, 5.74) is 1.14. The van der Waals surface area contributed by atoms with Crippen LogP contribution in [0.15, 0.2) is 36.4 Å². The molecule has 0 unspecified atom stereocenters. The molecule has 0 atom stereocenters. The topological polar surface area (TPSA) is 56.8 Å². The van der Waals surface area contributed by atoms with Crippen molar-refractivity contribution in [2.75, 3.05) is 21.3 Å². The monoisotopic (exact) mass is 359 g/mol. The Bertz CT molecular complexity index is 775. The highest BCUT2D eigenvalue weighted by Gasteiger charge is 2.51. The number of benzene rings is 2. The molecule has 0 aromatic heterocycles. The van der Waals surface area contributed by atoms with Crippen molar-refractivity contribution in [1.82, 2.24) is 5.32 Å². The van der Waals surface area contributed by atoms with Gasteiger partial charge in [0.05, 0.1) is 26.7 Å². The standard InChI is InChI=1S/C20H22FNO4/c1-24-16-10-13(11-17(25-2)18(16)26-3)12-22-19(23)20(8-9-20)14-4-6-15(21)7-5-14/h4-7,10-11H,8-9,12H2,1-3H3,(H,22,23). The number of halogens is 1. The zero-order chi connectivity index (χ0) is 18.7. The van der Waals surface area contributed by atoms with Crippen LogP contribution in [0, 0.1) is 5.82 Å². The Hall–Kier alpha value is -2.76. The van der Waals surface area contributed by atoms with E-state index in [4.69, 9.17) is 14.2 Å². The molecule has 26 heavy (non-hydrogen) atoms. The summed E-state index contributed by atoms with van der Waals surface area (Å²) < 4.78 is 29.1. The van der Waals surface area contributed by atoms with Gasteiger partial charge in [-0.1, -0.05) is 12.1 Å². The van der Waals surface area contributed by atoms with Gasteiger partial charge < -0.3 is 19.5 Å². The molecule has 0 radical (unpaired) electrons. The van der Waals surface area contributed by atoms with Gasteiger partial charge in [-0.2, -0.15) is 0 Å². The van der Waals surface area contributed by atoms with E-state index in [2.05, 4.69) is 5.32 Å². The molecule has 1 fully saturated rings. The largest absolute Gasteiger partial charge is 0.493 e. The quantitative estimate of drug-likeness (QED) is 0.825. The van der Waals surface area contributed by atoms with E-state index in [1.165, 1.54) is 12.1 Å². The Morgan fingerprint density at radius 1 is 1.04 bits per heavy atom. The smallest absolute Gasteiger partial charge is 0.230 e. The van der Waals surface area contributed by atoms with Crippen molar-refractivity contribution in [2.24, 2.45) is 0 Å². The van der Waals surface area contributed by atoms with E-state index in [1.54, 1.807) is 45.6 Å². The zero-order valence-corrected chi connectivity index (χ0v) is 15.1. The number of ether oxygens (including phenoxy) is 3. The van der Waals surface area contributed by atoms with Crippen LogP contribution in [0.25, 0.3) is 0 Å². The fraction of sp³-hybridized carbons (Fsp3) is 0.350. The second-order valence-electron chi connectivity index (χ2n) is 6.31. The summed E-state index contributed by atoms with van der Waals surface area (Å²) in [6.07, 6.45) is 1.53. The number of nitrogens with one attached hydrogen (secondary N) is 1. The number of hydrogen-bond donors (Lipinski definition) is 1. The van der Waals surface area contributed by atoms with E-state index >= 15 is 0 Å². The number of carbonyl (C=O) groups excluding carboxylic acids is 1. The molecule has 0 bridgehead atoms. The number of hydrogen-bond acceptors (Lipinski definition) is 4. The predicted octanol–water partition coefficient (Wildman–Crippen LogP) is 3.20. The van der Waals surface area contributed by atoms with Crippen molar-refractivity contribution >= 4 is 5.91 Å². The van der Waals surface area contributed by atoms with Gasteiger partial charge in [0, 0.05) is 6.54 Å². The van der Waals surface area contributed by atoms with Crippen molar-refractivity contribution in [1.29, 1.82) is 0 Å². The van der Waals surface area contributed by atoms with E-state index in [1.807, 2.05) is 0 Å². The molecule has 6 heteroatoms. The van der Waals surface area contributed by atoms with Crippen molar-refractivity contribution < 1.29 is 23.4 Å². The highest BCUT2D eigenvalue weighted by molar-refractivity contribution is 5.91. The second-order valence-corrected chi connectivity index (χ2v) is 6.31. The minimum absolute atomic E-state index is 0.0575. The van der Waals surface area contributed by atoms with Gasteiger partial charge in [-0.3, -0.25) is 4.79 Å². The number of rotatable bonds is 7. The fourth-order valence-corrected chi connectivity index (χ4v) is 3.13. The Morgan fingerprint density at radius 2 is 1.62 bits per heavy atom. The van der Waals surface area contributed by atoms with Crippen LogP contribution < -0.4 is 19.5 Å². The number of carbonyl (C=O) groups is 1. The first-order valence-electron chi connectivity index (χ1n) is 8.37. The first kappa shape index (κ1) is 18.0. The maximum atomic E-state index is 13.1. The highest BCUT2D eigenvalue weighted by Crippen LogP contribution is 2.48. The Labute approximate surface area is 152 Å². The molecule has 5 nitrogen and oxygen atoms in total. The summed E-state index contributed by atoms with van der Waals surface area (Å²) >= 11 is 0. The molecular formula is C20H22FNO4. The molecule has 0 saturated heterocycles. The number of amides is 1. The third kappa shape index (κ3) is 3.31. The van der Waals surface area contributed by atoms with Gasteiger partial charge in [0.2, 0.25) is 11.7 Å². The van der Waals surface area contributed by atoms with Crippen LogP contribution in [0.2, 0.25) is 0 Å². The molecule has 2 aromatic carbocycles. The van der Waals surface area contributed by atoms with Crippen LogP contribution in [0.1, 0.15) is 24.0 Å². The molecule has 138 valence electrons. The Kier molecular flexibility index (Phi) is 5.02. The summed E-state index contributed by atoms with van der Waals surface area (Å²) in [5.74, 6) is 1.22. The molecule has 1 amide bonds. The normalized spacial score (nSPS) is 14.5. The molecular weight excluding hydrogens is 337 g/mol. The molecule has 1 aliphatic carbocycles. The molecule has 0 aliphatic heterocycles. The lowest BCUT2D eigenvalue weighted by molar-refractivity contribution is -0.123. The van der Waals surface area contributed by atoms with Gasteiger partial charge >= 0.3 is 0 Å². The average Bonchev–Trinajstić information content (AvgIpc) is 3.47. The fourth-order valence-electron chi connectivity index (χ4n) is 3.13. The van der Waals surface area contributed by atoms with E-state index in [9.17, 15) is 9.18 Å². The minimum Gasteiger partial charge on any atom is -0.493 e. The summed E-state index contributed by atoms with van der Waals surface area (Å²) in [6, 6.07) is 9.75. The molecule has 1 aliphatic rings. The summed E-state index contributed by atoms with van der Waals surface area (Å²) in [5, 5.41) is 2.97. The molecule has 0 heterocycles. The van der Waals surface area contributed by atoms with Crippen LogP contribution in [0.4, 0.5) is 4.39 Å². The molecule has 1 saturated carbocycles. The van der Waals surface area contributed by atoms with Gasteiger partial charge in [-0.05, 0) is 48.2 Å². The lowest BCUT2D eigenvalue weighted by Crippen LogP contribution is -2.34. The number of methoxy groups -OCH3 is 3. The van der Waals surface area contributed by atoms with Crippen molar-refractivity contribution in [2.45, 2.75) is 24.8 Å². The van der Waals surface area contributed by atoms with E-state index in [0.717, 1.165) is 24.0 Å². The molecule has 1 N–H and O–H groups in total. The summed E-state index contributed by atoms with van der Waals surface area (Å²) in [7, 11) is 4.64. The Morgan fingerprint density at radius 3 is 2.08 bits per heavy atom. The van der Waals surface area contributed by atoms with Crippen LogP contribution in [-0.2, 0) is 16.8 Å². The third-order valence-corrected chi connectivity index (χ3v) is 4.76. The van der Waals surface area contributed by atoms with Gasteiger partial charge in [0.25, 0.3) is 0 Å². The van der Waals surface area contributed by atoms with E-state index in [-0.39, 0.29) is 11.7 Å². The van der Waals surface area contributed by atoms with Gasteiger partial charge in [-0.25, -0.2) is 4.39 Å². The van der Waals surface area contributed by atoms with Crippen molar-refractivity contribution in [3.8, 4) is 17.2 Å². The molecule has 0 spiro atoms. The minimum atomic E-state index is -0.547.